The van der Waals surface area contributed by atoms with Crippen LogP contribution in [0.2, 0.25) is 5.02 Å². The van der Waals surface area contributed by atoms with Gasteiger partial charge in [0.15, 0.2) is 0 Å². The van der Waals surface area contributed by atoms with Gasteiger partial charge in [-0.25, -0.2) is 9.97 Å². The van der Waals surface area contributed by atoms with Crippen LogP contribution in [0.15, 0.2) is 36.7 Å². The van der Waals surface area contributed by atoms with Crippen molar-refractivity contribution >= 4 is 23.2 Å². The zero-order chi connectivity index (χ0) is 15.4. The topological polar surface area (TPSA) is 50.3 Å². The molecule has 22 heavy (non-hydrogen) atoms. The van der Waals surface area contributed by atoms with E-state index in [1.54, 1.807) is 19.5 Å². The van der Waals surface area contributed by atoms with E-state index in [-0.39, 0.29) is 0 Å². The van der Waals surface area contributed by atoms with Crippen molar-refractivity contribution in [2.45, 2.75) is 18.9 Å². The van der Waals surface area contributed by atoms with E-state index in [4.69, 9.17) is 16.3 Å². The number of methoxy groups -OCH3 is 1. The summed E-state index contributed by atoms with van der Waals surface area (Å²) >= 11 is 5.83. The van der Waals surface area contributed by atoms with Crippen LogP contribution in [-0.2, 0) is 0 Å². The molecule has 1 aliphatic rings. The highest BCUT2D eigenvalue weighted by Gasteiger charge is 2.21. The lowest BCUT2D eigenvalue weighted by molar-refractivity contribution is 0.415. The van der Waals surface area contributed by atoms with Gasteiger partial charge in [0.05, 0.1) is 30.2 Å². The second-order valence-electron chi connectivity index (χ2n) is 5.31. The SMILES string of the molecule is COc1ccccc1NC1CCN(c2ncc(Cl)cn2)CC1. The molecule has 0 atom stereocenters. The number of hydrogen-bond acceptors (Lipinski definition) is 5. The summed E-state index contributed by atoms with van der Waals surface area (Å²) in [4.78, 5) is 10.8. The van der Waals surface area contributed by atoms with Crippen molar-refractivity contribution in [1.29, 1.82) is 0 Å². The number of nitrogens with zero attached hydrogens (tertiary/aromatic N) is 3. The van der Waals surface area contributed by atoms with E-state index in [0.717, 1.165) is 43.3 Å². The predicted molar refractivity (Wildman–Crippen MR) is 88.9 cm³/mol. The Labute approximate surface area is 135 Å². The molecule has 1 fully saturated rings. The zero-order valence-electron chi connectivity index (χ0n) is 12.5. The summed E-state index contributed by atoms with van der Waals surface area (Å²) in [6, 6.07) is 8.44. The van der Waals surface area contributed by atoms with E-state index in [9.17, 15) is 0 Å². The summed E-state index contributed by atoms with van der Waals surface area (Å²) in [6.07, 6.45) is 5.35. The van der Waals surface area contributed by atoms with E-state index in [1.807, 2.05) is 24.3 Å². The first-order valence-corrected chi connectivity index (χ1v) is 7.76. The summed E-state index contributed by atoms with van der Waals surface area (Å²) in [6.45, 7) is 1.85. The number of rotatable bonds is 4. The van der Waals surface area contributed by atoms with Crippen molar-refractivity contribution in [3.05, 3.63) is 41.7 Å². The molecule has 1 N–H and O–H groups in total. The maximum absolute atomic E-state index is 5.83. The van der Waals surface area contributed by atoms with Gasteiger partial charge in [-0.15, -0.1) is 0 Å². The first-order valence-electron chi connectivity index (χ1n) is 7.38. The molecule has 1 saturated heterocycles. The van der Waals surface area contributed by atoms with E-state index in [0.29, 0.717) is 11.1 Å². The maximum atomic E-state index is 5.83. The Morgan fingerprint density at radius 3 is 2.55 bits per heavy atom. The molecule has 116 valence electrons. The smallest absolute Gasteiger partial charge is 0.225 e. The molecule has 0 spiro atoms. The number of halogens is 1. The molecule has 5 nitrogen and oxygen atoms in total. The monoisotopic (exact) mass is 318 g/mol. The van der Waals surface area contributed by atoms with Crippen LogP contribution in [-0.4, -0.2) is 36.2 Å². The molecule has 0 unspecified atom stereocenters. The Hall–Kier alpha value is -2.01. The second kappa shape index (κ2) is 6.83. The fourth-order valence-electron chi connectivity index (χ4n) is 2.68. The minimum atomic E-state index is 0.430. The molecule has 1 aromatic heterocycles. The molecule has 3 rings (SSSR count). The first kappa shape index (κ1) is 14.9. The van der Waals surface area contributed by atoms with Crippen molar-refractivity contribution in [2.75, 3.05) is 30.4 Å². The molecule has 0 bridgehead atoms. The number of nitrogens with one attached hydrogen (secondary N) is 1. The fraction of sp³-hybridized carbons (Fsp3) is 0.375. The lowest BCUT2D eigenvalue weighted by Crippen LogP contribution is -2.40. The van der Waals surface area contributed by atoms with Crippen LogP contribution in [0.5, 0.6) is 5.75 Å². The first-order chi connectivity index (χ1) is 10.8. The summed E-state index contributed by atoms with van der Waals surface area (Å²) in [5.74, 6) is 1.63. The molecule has 2 heterocycles. The van der Waals surface area contributed by atoms with Crippen molar-refractivity contribution in [2.24, 2.45) is 0 Å². The van der Waals surface area contributed by atoms with Gasteiger partial charge in [-0.1, -0.05) is 23.7 Å². The van der Waals surface area contributed by atoms with Gasteiger partial charge in [0, 0.05) is 19.1 Å². The molecular formula is C16H19ClN4O. The number of piperidine rings is 1. The number of anilines is 2. The Bertz CT molecular complexity index is 612. The minimum absolute atomic E-state index is 0.430. The van der Waals surface area contributed by atoms with Crippen LogP contribution in [0.25, 0.3) is 0 Å². The van der Waals surface area contributed by atoms with Gasteiger partial charge in [0.2, 0.25) is 5.95 Å². The number of benzene rings is 1. The Balaban J connectivity index is 1.59. The molecule has 0 amide bonds. The van der Waals surface area contributed by atoms with Crippen LogP contribution in [0.1, 0.15) is 12.8 Å². The number of ether oxygens (including phenoxy) is 1. The summed E-state index contributed by atoms with van der Waals surface area (Å²) in [5.41, 5.74) is 1.05. The third-order valence-corrected chi connectivity index (χ3v) is 4.05. The standard InChI is InChI=1S/C16H19ClN4O/c1-22-15-5-3-2-4-14(15)20-13-6-8-21(9-7-13)16-18-10-12(17)11-19-16/h2-5,10-11,13,20H,6-9H2,1H3. The van der Waals surface area contributed by atoms with Crippen molar-refractivity contribution in [3.63, 3.8) is 0 Å². The molecule has 6 heteroatoms. The summed E-state index contributed by atoms with van der Waals surface area (Å²) in [5, 5.41) is 4.13. The summed E-state index contributed by atoms with van der Waals surface area (Å²) < 4.78 is 5.38. The van der Waals surface area contributed by atoms with Gasteiger partial charge < -0.3 is 15.0 Å². The number of aromatic nitrogens is 2. The van der Waals surface area contributed by atoms with Crippen LogP contribution in [0.3, 0.4) is 0 Å². The molecule has 1 aromatic carbocycles. The van der Waals surface area contributed by atoms with E-state index in [1.165, 1.54) is 0 Å². The van der Waals surface area contributed by atoms with Crippen molar-refractivity contribution in [3.8, 4) is 5.75 Å². The lowest BCUT2D eigenvalue weighted by atomic mass is 10.0. The molecule has 2 aromatic rings. The van der Waals surface area contributed by atoms with Gasteiger partial charge in [-0.3, -0.25) is 0 Å². The highest BCUT2D eigenvalue weighted by Crippen LogP contribution is 2.26. The van der Waals surface area contributed by atoms with Crippen LogP contribution < -0.4 is 15.0 Å². The number of hydrogen-bond donors (Lipinski definition) is 1. The van der Waals surface area contributed by atoms with Gasteiger partial charge in [-0.2, -0.15) is 0 Å². The van der Waals surface area contributed by atoms with E-state index in [2.05, 4.69) is 20.2 Å². The predicted octanol–water partition coefficient (Wildman–Crippen LogP) is 3.22. The molecule has 0 radical (unpaired) electrons. The second-order valence-corrected chi connectivity index (χ2v) is 5.74. The fourth-order valence-corrected chi connectivity index (χ4v) is 2.77. The van der Waals surface area contributed by atoms with Gasteiger partial charge in [0.1, 0.15) is 5.75 Å². The van der Waals surface area contributed by atoms with Crippen LogP contribution >= 0.6 is 11.6 Å². The average Bonchev–Trinajstić information content (AvgIpc) is 2.57. The van der Waals surface area contributed by atoms with Gasteiger partial charge in [0.25, 0.3) is 0 Å². The summed E-state index contributed by atoms with van der Waals surface area (Å²) in [7, 11) is 1.70. The Morgan fingerprint density at radius 1 is 1.18 bits per heavy atom. The zero-order valence-corrected chi connectivity index (χ0v) is 13.3. The van der Waals surface area contributed by atoms with Crippen molar-refractivity contribution < 1.29 is 4.74 Å². The third kappa shape index (κ3) is 3.42. The third-order valence-electron chi connectivity index (χ3n) is 3.85. The molecule has 0 aliphatic carbocycles. The van der Waals surface area contributed by atoms with Crippen molar-refractivity contribution in [1.82, 2.24) is 9.97 Å². The average molecular weight is 319 g/mol. The lowest BCUT2D eigenvalue weighted by Gasteiger charge is -2.33. The molecular weight excluding hydrogens is 300 g/mol. The highest BCUT2D eigenvalue weighted by atomic mass is 35.5. The normalized spacial score (nSPS) is 15.6. The molecule has 0 saturated carbocycles. The number of para-hydroxylation sites is 2. The Morgan fingerprint density at radius 2 is 1.86 bits per heavy atom. The van der Waals surface area contributed by atoms with E-state index < -0.39 is 0 Å². The quantitative estimate of drug-likeness (QED) is 0.938. The maximum Gasteiger partial charge on any atom is 0.225 e. The Kier molecular flexibility index (Phi) is 4.63. The highest BCUT2D eigenvalue weighted by molar-refractivity contribution is 6.30. The van der Waals surface area contributed by atoms with Crippen LogP contribution in [0.4, 0.5) is 11.6 Å². The van der Waals surface area contributed by atoms with Gasteiger partial charge in [-0.05, 0) is 25.0 Å². The molecule has 1 aliphatic heterocycles. The minimum Gasteiger partial charge on any atom is -0.495 e. The van der Waals surface area contributed by atoms with Crippen LogP contribution in [0, 0.1) is 0 Å². The largest absolute Gasteiger partial charge is 0.495 e. The van der Waals surface area contributed by atoms with Gasteiger partial charge >= 0.3 is 0 Å². The van der Waals surface area contributed by atoms with E-state index >= 15 is 0 Å².